The van der Waals surface area contributed by atoms with Crippen molar-refractivity contribution in [3.8, 4) is 0 Å². The minimum atomic E-state index is -0.215. The van der Waals surface area contributed by atoms with Gasteiger partial charge in [0.05, 0.1) is 11.9 Å². The summed E-state index contributed by atoms with van der Waals surface area (Å²) in [5, 5.41) is 6.76. The molecule has 0 spiro atoms. The van der Waals surface area contributed by atoms with Crippen molar-refractivity contribution < 1.29 is 4.79 Å². The lowest BCUT2D eigenvalue weighted by atomic mass is 10.1. The Hall–Kier alpha value is -2.30. The highest BCUT2D eigenvalue weighted by molar-refractivity contribution is 5.97. The molecule has 18 heavy (non-hydrogen) atoms. The Morgan fingerprint density at radius 3 is 2.61 bits per heavy atom. The Bertz CT molecular complexity index is 537. The Balaban J connectivity index is 2.03. The zero-order valence-corrected chi connectivity index (χ0v) is 10.5. The predicted molar refractivity (Wildman–Crippen MR) is 70.0 cm³/mol. The number of nitrogens with zero attached hydrogens (tertiary/aromatic N) is 2. The lowest BCUT2D eigenvalue weighted by molar-refractivity contribution is 0.0942. The van der Waals surface area contributed by atoms with Gasteiger partial charge in [0.2, 0.25) is 0 Å². The number of benzene rings is 1. The second-order valence-corrected chi connectivity index (χ2v) is 4.24. The predicted octanol–water partition coefficient (Wildman–Crippen LogP) is 1.24. The largest absolute Gasteiger partial charge is 0.396 e. The molecule has 3 N–H and O–H groups in total. The van der Waals surface area contributed by atoms with Crippen molar-refractivity contribution in [1.82, 2.24) is 15.1 Å². The number of nitrogens with two attached hydrogens (primary N) is 1. The van der Waals surface area contributed by atoms with Crippen LogP contribution >= 0.6 is 0 Å². The monoisotopic (exact) mass is 244 g/mol. The van der Waals surface area contributed by atoms with Crippen LogP contribution in [0.15, 0.2) is 30.5 Å². The van der Waals surface area contributed by atoms with Crippen LogP contribution in [-0.2, 0) is 13.6 Å². The molecule has 0 radical (unpaired) electrons. The SMILES string of the molecule is Cc1ccc(CNC(=O)c2c(N)cnn2C)cc1. The Labute approximate surface area is 106 Å². The molecule has 0 fully saturated rings. The molecule has 1 aromatic heterocycles. The standard InChI is InChI=1S/C13H16N4O/c1-9-3-5-10(6-4-9)7-15-13(18)12-11(14)8-16-17(12)2/h3-6,8H,7,14H2,1-2H3,(H,15,18). The van der Waals surface area contributed by atoms with Gasteiger partial charge >= 0.3 is 0 Å². The third-order valence-corrected chi connectivity index (χ3v) is 2.76. The second kappa shape index (κ2) is 4.91. The summed E-state index contributed by atoms with van der Waals surface area (Å²) in [5.74, 6) is -0.215. The van der Waals surface area contributed by atoms with Gasteiger partial charge in [0.25, 0.3) is 5.91 Å². The van der Waals surface area contributed by atoms with E-state index in [1.807, 2.05) is 31.2 Å². The quantitative estimate of drug-likeness (QED) is 0.853. The molecule has 1 aromatic carbocycles. The molecule has 0 atom stereocenters. The van der Waals surface area contributed by atoms with Crippen molar-refractivity contribution >= 4 is 11.6 Å². The van der Waals surface area contributed by atoms with Gasteiger partial charge in [-0.1, -0.05) is 29.8 Å². The number of carbonyl (C=O) groups excluding carboxylic acids is 1. The smallest absolute Gasteiger partial charge is 0.271 e. The molecule has 2 rings (SSSR count). The lowest BCUT2D eigenvalue weighted by Crippen LogP contribution is -2.26. The topological polar surface area (TPSA) is 72.9 Å². The van der Waals surface area contributed by atoms with Crippen molar-refractivity contribution in [2.75, 3.05) is 5.73 Å². The lowest BCUT2D eigenvalue weighted by Gasteiger charge is -2.06. The van der Waals surface area contributed by atoms with E-state index in [-0.39, 0.29) is 5.91 Å². The summed E-state index contributed by atoms with van der Waals surface area (Å²) >= 11 is 0. The van der Waals surface area contributed by atoms with E-state index >= 15 is 0 Å². The third kappa shape index (κ3) is 2.51. The fourth-order valence-electron chi connectivity index (χ4n) is 1.70. The maximum absolute atomic E-state index is 11.9. The summed E-state index contributed by atoms with van der Waals surface area (Å²) in [6, 6.07) is 8.00. The molecular formula is C13H16N4O. The van der Waals surface area contributed by atoms with E-state index in [9.17, 15) is 4.79 Å². The van der Waals surface area contributed by atoms with Crippen LogP contribution in [0.1, 0.15) is 21.6 Å². The molecule has 94 valence electrons. The number of amides is 1. The van der Waals surface area contributed by atoms with Gasteiger partial charge in [0.1, 0.15) is 5.69 Å². The number of carbonyl (C=O) groups is 1. The van der Waals surface area contributed by atoms with Gasteiger partial charge in [-0.2, -0.15) is 5.10 Å². The van der Waals surface area contributed by atoms with E-state index in [2.05, 4.69) is 10.4 Å². The van der Waals surface area contributed by atoms with Gasteiger partial charge in [0, 0.05) is 13.6 Å². The van der Waals surface area contributed by atoms with E-state index in [1.165, 1.54) is 16.4 Å². The van der Waals surface area contributed by atoms with Crippen molar-refractivity contribution in [3.63, 3.8) is 0 Å². The Morgan fingerprint density at radius 1 is 1.39 bits per heavy atom. The van der Waals surface area contributed by atoms with Crippen molar-refractivity contribution in [2.45, 2.75) is 13.5 Å². The molecule has 5 heteroatoms. The van der Waals surface area contributed by atoms with E-state index in [0.29, 0.717) is 17.9 Å². The zero-order chi connectivity index (χ0) is 13.1. The summed E-state index contributed by atoms with van der Waals surface area (Å²) in [5.41, 5.74) is 8.71. The van der Waals surface area contributed by atoms with E-state index < -0.39 is 0 Å². The van der Waals surface area contributed by atoms with E-state index in [0.717, 1.165) is 5.56 Å². The summed E-state index contributed by atoms with van der Waals surface area (Å²) in [6.07, 6.45) is 1.47. The molecule has 0 aliphatic rings. The van der Waals surface area contributed by atoms with Crippen LogP contribution in [0.25, 0.3) is 0 Å². The number of aryl methyl sites for hydroxylation is 2. The van der Waals surface area contributed by atoms with E-state index in [4.69, 9.17) is 5.73 Å². The number of rotatable bonds is 3. The maximum atomic E-state index is 11.9. The molecule has 1 amide bonds. The van der Waals surface area contributed by atoms with Crippen molar-refractivity contribution in [3.05, 3.63) is 47.3 Å². The van der Waals surface area contributed by atoms with Crippen LogP contribution < -0.4 is 11.1 Å². The van der Waals surface area contributed by atoms with Gasteiger partial charge in [0.15, 0.2) is 0 Å². The summed E-state index contributed by atoms with van der Waals surface area (Å²) in [7, 11) is 1.69. The highest BCUT2D eigenvalue weighted by Gasteiger charge is 2.14. The molecule has 0 bridgehead atoms. The number of nitrogen functional groups attached to an aromatic ring is 1. The van der Waals surface area contributed by atoms with E-state index in [1.54, 1.807) is 7.05 Å². The third-order valence-electron chi connectivity index (χ3n) is 2.76. The first-order valence-corrected chi connectivity index (χ1v) is 5.69. The minimum absolute atomic E-state index is 0.215. The van der Waals surface area contributed by atoms with Crippen LogP contribution in [0.5, 0.6) is 0 Å². The molecular weight excluding hydrogens is 228 g/mol. The molecule has 0 aliphatic carbocycles. The normalized spacial score (nSPS) is 10.3. The second-order valence-electron chi connectivity index (χ2n) is 4.24. The highest BCUT2D eigenvalue weighted by atomic mass is 16.2. The first-order chi connectivity index (χ1) is 8.58. The van der Waals surface area contributed by atoms with Crippen LogP contribution in [-0.4, -0.2) is 15.7 Å². The fourth-order valence-corrected chi connectivity index (χ4v) is 1.70. The average molecular weight is 244 g/mol. The molecule has 0 saturated carbocycles. The van der Waals surface area contributed by atoms with Crippen LogP contribution in [0, 0.1) is 6.92 Å². The summed E-state index contributed by atoms with van der Waals surface area (Å²) in [6.45, 7) is 2.50. The molecule has 2 aromatic rings. The zero-order valence-electron chi connectivity index (χ0n) is 10.5. The number of nitrogens with one attached hydrogen (secondary N) is 1. The van der Waals surface area contributed by atoms with Crippen LogP contribution in [0.2, 0.25) is 0 Å². The maximum Gasteiger partial charge on any atom is 0.271 e. The first-order valence-electron chi connectivity index (χ1n) is 5.69. The molecule has 1 heterocycles. The number of hydrogen-bond donors (Lipinski definition) is 2. The molecule has 0 unspecified atom stereocenters. The van der Waals surface area contributed by atoms with Gasteiger partial charge in [-0.3, -0.25) is 9.48 Å². The van der Waals surface area contributed by atoms with Gasteiger partial charge in [-0.15, -0.1) is 0 Å². The molecule has 0 aliphatic heterocycles. The first kappa shape index (κ1) is 12.2. The number of aromatic nitrogens is 2. The van der Waals surface area contributed by atoms with Crippen molar-refractivity contribution in [1.29, 1.82) is 0 Å². The average Bonchev–Trinajstić information content (AvgIpc) is 2.68. The number of anilines is 1. The van der Waals surface area contributed by atoms with Crippen LogP contribution in [0.4, 0.5) is 5.69 Å². The summed E-state index contributed by atoms with van der Waals surface area (Å²) in [4.78, 5) is 11.9. The van der Waals surface area contributed by atoms with Crippen LogP contribution in [0.3, 0.4) is 0 Å². The van der Waals surface area contributed by atoms with Gasteiger partial charge < -0.3 is 11.1 Å². The summed E-state index contributed by atoms with van der Waals surface area (Å²) < 4.78 is 1.47. The fraction of sp³-hybridized carbons (Fsp3) is 0.231. The van der Waals surface area contributed by atoms with Crippen molar-refractivity contribution in [2.24, 2.45) is 7.05 Å². The Morgan fingerprint density at radius 2 is 2.06 bits per heavy atom. The molecule has 0 saturated heterocycles. The number of hydrogen-bond acceptors (Lipinski definition) is 3. The van der Waals surface area contributed by atoms with Gasteiger partial charge in [-0.25, -0.2) is 0 Å². The molecule has 5 nitrogen and oxygen atoms in total. The minimum Gasteiger partial charge on any atom is -0.396 e. The Kier molecular flexibility index (Phi) is 3.32. The van der Waals surface area contributed by atoms with Gasteiger partial charge in [-0.05, 0) is 12.5 Å². The highest BCUT2D eigenvalue weighted by Crippen LogP contribution is 2.09.